The van der Waals surface area contributed by atoms with Crippen molar-refractivity contribution in [1.82, 2.24) is 0 Å². The average molecular weight is 338 g/mol. The van der Waals surface area contributed by atoms with Gasteiger partial charge in [-0.2, -0.15) is 0 Å². The highest BCUT2D eigenvalue weighted by Crippen LogP contribution is 2.28. The molecule has 2 heteroatoms. The second-order valence-corrected chi connectivity index (χ2v) is 7.44. The van der Waals surface area contributed by atoms with Gasteiger partial charge in [0.15, 0.2) is 0 Å². The fourth-order valence-corrected chi connectivity index (χ4v) is 3.50. The van der Waals surface area contributed by atoms with E-state index in [1.165, 1.54) is 44.1 Å². The van der Waals surface area contributed by atoms with Crippen LogP contribution in [0.1, 0.15) is 63.9 Å². The summed E-state index contributed by atoms with van der Waals surface area (Å²) in [5.41, 5.74) is 1.33. The number of ether oxygens (including phenoxy) is 2. The molecule has 0 spiro atoms. The molecule has 0 atom stereocenters. The minimum absolute atomic E-state index is 0.537. The lowest BCUT2D eigenvalue weighted by atomic mass is 9.87. The van der Waals surface area contributed by atoms with Gasteiger partial charge in [-0.1, -0.05) is 64.2 Å². The van der Waals surface area contributed by atoms with Gasteiger partial charge >= 0.3 is 0 Å². The number of benzene rings is 2. The van der Waals surface area contributed by atoms with Crippen molar-refractivity contribution in [3.8, 4) is 17.2 Å². The molecule has 2 aromatic carbocycles. The molecule has 0 heterocycles. The van der Waals surface area contributed by atoms with Crippen LogP contribution in [0.4, 0.5) is 0 Å². The zero-order chi connectivity index (χ0) is 17.5. The van der Waals surface area contributed by atoms with Crippen LogP contribution >= 0.6 is 0 Å². The summed E-state index contributed by atoms with van der Waals surface area (Å²) in [7, 11) is 0. The van der Waals surface area contributed by atoms with Gasteiger partial charge in [-0.05, 0) is 48.1 Å². The van der Waals surface area contributed by atoms with Crippen molar-refractivity contribution in [2.75, 3.05) is 6.61 Å². The van der Waals surface area contributed by atoms with Crippen LogP contribution < -0.4 is 9.47 Å². The highest BCUT2D eigenvalue weighted by molar-refractivity contribution is 5.37. The SMILES string of the molecule is CC(C)c1ccc(Oc2cccc(OCCC3CCCCC3)c2)cc1. The summed E-state index contributed by atoms with van der Waals surface area (Å²) >= 11 is 0. The van der Waals surface area contributed by atoms with Crippen LogP contribution in [-0.2, 0) is 0 Å². The molecule has 0 unspecified atom stereocenters. The normalized spacial score (nSPS) is 15.3. The molecule has 3 rings (SSSR count). The first kappa shape index (κ1) is 17.8. The molecule has 0 amide bonds. The smallest absolute Gasteiger partial charge is 0.131 e. The van der Waals surface area contributed by atoms with Crippen LogP contribution in [0, 0.1) is 5.92 Å². The quantitative estimate of drug-likeness (QED) is 0.543. The summed E-state index contributed by atoms with van der Waals surface area (Å²) < 4.78 is 11.9. The number of hydrogen-bond donors (Lipinski definition) is 0. The standard InChI is InChI=1S/C23H30O2/c1-18(2)20-11-13-21(14-12-20)25-23-10-6-9-22(17-23)24-16-15-19-7-4-3-5-8-19/h6,9-14,17-19H,3-5,7-8,15-16H2,1-2H3. The first-order valence-electron chi connectivity index (χ1n) is 9.71. The Morgan fingerprint density at radius 3 is 2.32 bits per heavy atom. The fraction of sp³-hybridized carbons (Fsp3) is 0.478. The topological polar surface area (TPSA) is 18.5 Å². The van der Waals surface area contributed by atoms with Crippen LogP contribution in [0.25, 0.3) is 0 Å². The van der Waals surface area contributed by atoms with Crippen molar-refractivity contribution in [2.45, 2.75) is 58.3 Å². The monoisotopic (exact) mass is 338 g/mol. The van der Waals surface area contributed by atoms with Gasteiger partial charge in [-0.25, -0.2) is 0 Å². The second kappa shape index (κ2) is 8.94. The van der Waals surface area contributed by atoms with E-state index in [-0.39, 0.29) is 0 Å². The van der Waals surface area contributed by atoms with E-state index in [0.29, 0.717) is 5.92 Å². The third kappa shape index (κ3) is 5.52. The molecule has 0 radical (unpaired) electrons. The van der Waals surface area contributed by atoms with Gasteiger partial charge in [-0.3, -0.25) is 0 Å². The molecular formula is C23H30O2. The Morgan fingerprint density at radius 1 is 0.880 bits per heavy atom. The largest absolute Gasteiger partial charge is 0.493 e. The first-order chi connectivity index (χ1) is 12.2. The predicted octanol–water partition coefficient (Wildman–Crippen LogP) is 6.95. The maximum absolute atomic E-state index is 5.97. The molecule has 0 N–H and O–H groups in total. The van der Waals surface area contributed by atoms with Crippen molar-refractivity contribution in [3.63, 3.8) is 0 Å². The molecular weight excluding hydrogens is 308 g/mol. The maximum Gasteiger partial charge on any atom is 0.131 e. The van der Waals surface area contributed by atoms with Crippen LogP contribution in [0.3, 0.4) is 0 Å². The van der Waals surface area contributed by atoms with Crippen LogP contribution in [0.2, 0.25) is 0 Å². The van der Waals surface area contributed by atoms with E-state index in [1.807, 2.05) is 36.4 Å². The summed E-state index contributed by atoms with van der Waals surface area (Å²) in [5, 5.41) is 0. The third-order valence-electron chi connectivity index (χ3n) is 5.11. The Bertz CT molecular complexity index is 639. The zero-order valence-corrected chi connectivity index (χ0v) is 15.5. The van der Waals surface area contributed by atoms with Crippen molar-refractivity contribution in [1.29, 1.82) is 0 Å². The molecule has 0 aromatic heterocycles. The van der Waals surface area contributed by atoms with Crippen molar-refractivity contribution in [3.05, 3.63) is 54.1 Å². The molecule has 1 aliphatic rings. The van der Waals surface area contributed by atoms with Gasteiger partial charge in [-0.15, -0.1) is 0 Å². The Labute approximate surface area is 152 Å². The highest BCUT2D eigenvalue weighted by atomic mass is 16.5. The van der Waals surface area contributed by atoms with Crippen LogP contribution in [0.5, 0.6) is 17.2 Å². The molecule has 1 fully saturated rings. The molecule has 0 saturated heterocycles. The Kier molecular flexibility index (Phi) is 6.38. The van der Waals surface area contributed by atoms with Crippen molar-refractivity contribution in [2.24, 2.45) is 5.92 Å². The molecule has 1 saturated carbocycles. The number of hydrogen-bond acceptors (Lipinski definition) is 2. The Hall–Kier alpha value is -1.96. The van der Waals surface area contributed by atoms with E-state index in [2.05, 4.69) is 26.0 Å². The van der Waals surface area contributed by atoms with Crippen molar-refractivity contribution < 1.29 is 9.47 Å². The van der Waals surface area contributed by atoms with E-state index in [0.717, 1.165) is 29.8 Å². The Balaban J connectivity index is 1.52. The van der Waals surface area contributed by atoms with E-state index in [4.69, 9.17) is 9.47 Å². The summed E-state index contributed by atoms with van der Waals surface area (Å²) in [6.45, 7) is 5.20. The van der Waals surface area contributed by atoms with Gasteiger partial charge in [0.05, 0.1) is 6.61 Å². The third-order valence-corrected chi connectivity index (χ3v) is 5.11. The van der Waals surface area contributed by atoms with Gasteiger partial charge in [0.25, 0.3) is 0 Å². The zero-order valence-electron chi connectivity index (χ0n) is 15.5. The van der Waals surface area contributed by atoms with Crippen LogP contribution in [0.15, 0.2) is 48.5 Å². The minimum atomic E-state index is 0.537. The molecule has 0 aliphatic heterocycles. The van der Waals surface area contributed by atoms with E-state index >= 15 is 0 Å². The summed E-state index contributed by atoms with van der Waals surface area (Å²) in [4.78, 5) is 0. The van der Waals surface area contributed by atoms with E-state index in [1.54, 1.807) is 0 Å². The molecule has 1 aliphatic carbocycles. The van der Waals surface area contributed by atoms with Gasteiger partial charge in [0.1, 0.15) is 17.2 Å². The lowest BCUT2D eigenvalue weighted by Gasteiger charge is -2.21. The summed E-state index contributed by atoms with van der Waals surface area (Å²) in [6.07, 6.45) is 8.11. The van der Waals surface area contributed by atoms with Crippen molar-refractivity contribution >= 4 is 0 Å². The lowest BCUT2D eigenvalue weighted by Crippen LogP contribution is -2.10. The van der Waals surface area contributed by atoms with Gasteiger partial charge in [0.2, 0.25) is 0 Å². The fourth-order valence-electron chi connectivity index (χ4n) is 3.50. The minimum Gasteiger partial charge on any atom is -0.493 e. The summed E-state index contributed by atoms with van der Waals surface area (Å²) in [6, 6.07) is 16.3. The Morgan fingerprint density at radius 2 is 1.60 bits per heavy atom. The van der Waals surface area contributed by atoms with E-state index in [9.17, 15) is 0 Å². The van der Waals surface area contributed by atoms with Gasteiger partial charge < -0.3 is 9.47 Å². The summed E-state index contributed by atoms with van der Waals surface area (Å²) in [5.74, 6) is 3.98. The first-order valence-corrected chi connectivity index (χ1v) is 9.71. The van der Waals surface area contributed by atoms with E-state index < -0.39 is 0 Å². The average Bonchev–Trinajstić information content (AvgIpc) is 2.63. The molecule has 25 heavy (non-hydrogen) atoms. The lowest BCUT2D eigenvalue weighted by molar-refractivity contribution is 0.246. The number of rotatable bonds is 7. The highest BCUT2D eigenvalue weighted by Gasteiger charge is 2.13. The van der Waals surface area contributed by atoms with Gasteiger partial charge in [0, 0.05) is 6.07 Å². The maximum atomic E-state index is 5.97. The second-order valence-electron chi connectivity index (χ2n) is 7.44. The molecule has 0 bridgehead atoms. The molecule has 134 valence electrons. The van der Waals surface area contributed by atoms with Crippen LogP contribution in [-0.4, -0.2) is 6.61 Å². The molecule has 2 nitrogen and oxygen atoms in total. The molecule has 2 aromatic rings. The predicted molar refractivity (Wildman–Crippen MR) is 104 cm³/mol.